The van der Waals surface area contributed by atoms with Crippen LogP contribution < -0.4 is 15.1 Å². The summed E-state index contributed by atoms with van der Waals surface area (Å²) in [7, 11) is 1.70. The van der Waals surface area contributed by atoms with Gasteiger partial charge in [0.15, 0.2) is 0 Å². The number of rotatable bonds is 5. The van der Waals surface area contributed by atoms with Crippen molar-refractivity contribution in [1.29, 1.82) is 0 Å². The quantitative estimate of drug-likeness (QED) is 0.579. The van der Waals surface area contributed by atoms with Crippen LogP contribution in [0, 0.1) is 0 Å². The van der Waals surface area contributed by atoms with E-state index in [4.69, 9.17) is 11.6 Å². The number of aromatic nitrogens is 4. The maximum atomic E-state index is 13.1. The van der Waals surface area contributed by atoms with E-state index in [1.54, 1.807) is 18.1 Å². The molecule has 0 aliphatic carbocycles. The molecule has 34 heavy (non-hydrogen) atoms. The molecule has 2 amide bonds. The summed E-state index contributed by atoms with van der Waals surface area (Å²) >= 11 is 7.74. The second kappa shape index (κ2) is 9.63. The Morgan fingerprint density at radius 3 is 2.76 bits per heavy atom. The second-order valence-corrected chi connectivity index (χ2v) is 9.69. The molecular weight excluding hydrogens is 474 g/mol. The zero-order valence-corrected chi connectivity index (χ0v) is 20.2. The number of benzene rings is 1. The SMILES string of the molecule is CN1C(=O)[C@@H](NC(=O)c2nc(Cl)n(Cc3ccccc3)n2)CSc2cc(N3CCCC3)ncc21. The number of likely N-dealkylation sites (N-methyl/N-ethyl adjacent to an activating group) is 1. The topological polar surface area (TPSA) is 96.2 Å². The predicted octanol–water partition coefficient (Wildman–Crippen LogP) is 2.84. The van der Waals surface area contributed by atoms with Gasteiger partial charge in [0.2, 0.25) is 17.0 Å². The maximum Gasteiger partial charge on any atom is 0.291 e. The van der Waals surface area contributed by atoms with Crippen molar-refractivity contribution in [1.82, 2.24) is 25.1 Å². The monoisotopic (exact) mass is 497 g/mol. The molecule has 0 bridgehead atoms. The summed E-state index contributed by atoms with van der Waals surface area (Å²) in [4.78, 5) is 39.5. The van der Waals surface area contributed by atoms with Crippen LogP contribution in [0.1, 0.15) is 29.0 Å². The fourth-order valence-electron chi connectivity index (χ4n) is 4.11. The summed E-state index contributed by atoms with van der Waals surface area (Å²) in [5.41, 5.74) is 1.72. The first-order valence-electron chi connectivity index (χ1n) is 11.1. The first-order chi connectivity index (χ1) is 16.5. The van der Waals surface area contributed by atoms with Gasteiger partial charge in [-0.2, -0.15) is 4.98 Å². The molecule has 4 heterocycles. The molecule has 0 radical (unpaired) electrons. The van der Waals surface area contributed by atoms with Crippen LogP contribution in [0.5, 0.6) is 0 Å². The van der Waals surface area contributed by atoms with E-state index in [0.717, 1.165) is 47.9 Å². The van der Waals surface area contributed by atoms with Crippen molar-refractivity contribution in [3.8, 4) is 0 Å². The van der Waals surface area contributed by atoms with E-state index in [0.29, 0.717) is 12.3 Å². The van der Waals surface area contributed by atoms with Gasteiger partial charge in [-0.1, -0.05) is 30.3 Å². The number of hydrogen-bond acceptors (Lipinski definition) is 7. The molecule has 11 heteroatoms. The van der Waals surface area contributed by atoms with Gasteiger partial charge < -0.3 is 15.1 Å². The lowest BCUT2D eigenvalue weighted by molar-refractivity contribution is -0.119. The second-order valence-electron chi connectivity index (χ2n) is 8.29. The van der Waals surface area contributed by atoms with Gasteiger partial charge in [0.05, 0.1) is 18.4 Å². The molecule has 2 aliphatic rings. The molecular formula is C23H24ClN7O2S. The summed E-state index contributed by atoms with van der Waals surface area (Å²) in [5, 5.41) is 7.14. The van der Waals surface area contributed by atoms with Gasteiger partial charge in [-0.15, -0.1) is 16.9 Å². The molecule has 0 unspecified atom stereocenters. The van der Waals surface area contributed by atoms with E-state index in [-0.39, 0.29) is 17.0 Å². The number of pyridine rings is 1. The van der Waals surface area contributed by atoms with E-state index < -0.39 is 11.9 Å². The average molecular weight is 498 g/mol. The minimum atomic E-state index is -0.731. The third kappa shape index (κ3) is 4.60. The number of carbonyl (C=O) groups is 2. The zero-order valence-electron chi connectivity index (χ0n) is 18.6. The molecule has 1 atom stereocenters. The number of anilines is 2. The zero-order chi connectivity index (χ0) is 23.7. The van der Waals surface area contributed by atoms with Crippen molar-refractivity contribution in [3.05, 3.63) is 59.3 Å². The molecule has 2 aliphatic heterocycles. The highest BCUT2D eigenvalue weighted by Gasteiger charge is 2.32. The number of thioether (sulfide) groups is 1. The summed E-state index contributed by atoms with van der Waals surface area (Å²) in [6.45, 7) is 2.38. The number of hydrogen-bond donors (Lipinski definition) is 1. The highest BCUT2D eigenvalue weighted by atomic mass is 35.5. The Labute approximate surface area is 206 Å². The smallest absolute Gasteiger partial charge is 0.291 e. The molecule has 9 nitrogen and oxygen atoms in total. The lowest BCUT2D eigenvalue weighted by atomic mass is 10.2. The number of amides is 2. The molecule has 0 saturated carbocycles. The summed E-state index contributed by atoms with van der Waals surface area (Å²) < 4.78 is 1.46. The Hall–Kier alpha value is -3.11. The van der Waals surface area contributed by atoms with Crippen molar-refractivity contribution in [2.45, 2.75) is 30.3 Å². The summed E-state index contributed by atoms with van der Waals surface area (Å²) in [5.74, 6) is 0.494. The molecule has 176 valence electrons. The normalized spacial score (nSPS) is 18.1. The van der Waals surface area contributed by atoms with Crippen LogP contribution in [0.4, 0.5) is 11.5 Å². The molecule has 1 aromatic carbocycles. The fraction of sp³-hybridized carbons (Fsp3) is 0.348. The summed E-state index contributed by atoms with van der Waals surface area (Å²) in [6.07, 6.45) is 4.07. The van der Waals surface area contributed by atoms with E-state index in [2.05, 4.69) is 25.3 Å². The molecule has 1 N–H and O–H groups in total. The fourth-order valence-corrected chi connectivity index (χ4v) is 5.38. The van der Waals surface area contributed by atoms with Gasteiger partial charge >= 0.3 is 0 Å². The van der Waals surface area contributed by atoms with Crippen LogP contribution in [-0.4, -0.2) is 63.5 Å². The molecule has 3 aromatic rings. The van der Waals surface area contributed by atoms with Gasteiger partial charge in [0.1, 0.15) is 11.9 Å². The highest BCUT2D eigenvalue weighted by Crippen LogP contribution is 2.36. The van der Waals surface area contributed by atoms with Crippen molar-refractivity contribution >= 4 is 46.7 Å². The number of carbonyl (C=O) groups excluding carboxylic acids is 2. The van der Waals surface area contributed by atoms with Gasteiger partial charge in [0, 0.05) is 30.8 Å². The number of fused-ring (bicyclic) bond motifs is 1. The first kappa shape index (κ1) is 22.7. The van der Waals surface area contributed by atoms with Crippen LogP contribution in [0.3, 0.4) is 0 Å². The number of nitrogens with one attached hydrogen (secondary N) is 1. The molecule has 1 saturated heterocycles. The van der Waals surface area contributed by atoms with Crippen LogP contribution in [0.25, 0.3) is 0 Å². The third-order valence-electron chi connectivity index (χ3n) is 5.97. The lowest BCUT2D eigenvalue weighted by Gasteiger charge is -2.22. The Kier molecular flexibility index (Phi) is 6.42. The van der Waals surface area contributed by atoms with E-state index in [1.165, 1.54) is 16.4 Å². The molecule has 1 fully saturated rings. The highest BCUT2D eigenvalue weighted by molar-refractivity contribution is 7.99. The van der Waals surface area contributed by atoms with Crippen LogP contribution in [0.15, 0.2) is 47.5 Å². The van der Waals surface area contributed by atoms with Crippen molar-refractivity contribution in [2.75, 3.05) is 35.7 Å². The van der Waals surface area contributed by atoms with Crippen LogP contribution in [-0.2, 0) is 11.3 Å². The van der Waals surface area contributed by atoms with Gasteiger partial charge in [-0.05, 0) is 36.1 Å². The number of nitrogens with zero attached hydrogens (tertiary/aromatic N) is 6. The third-order valence-corrected chi connectivity index (χ3v) is 7.39. The van der Waals surface area contributed by atoms with Crippen molar-refractivity contribution < 1.29 is 9.59 Å². The Bertz CT molecular complexity index is 1210. The van der Waals surface area contributed by atoms with Gasteiger partial charge in [-0.25, -0.2) is 9.67 Å². The molecule has 5 rings (SSSR count). The number of halogens is 1. The predicted molar refractivity (Wildman–Crippen MR) is 132 cm³/mol. The maximum absolute atomic E-state index is 13.1. The van der Waals surface area contributed by atoms with E-state index >= 15 is 0 Å². The average Bonchev–Trinajstić information content (AvgIpc) is 3.49. The standard InChI is InChI=1S/C23H24ClN7O2S/c1-29-17-12-25-19(30-9-5-6-10-30)11-18(17)34-14-16(22(29)33)26-21(32)20-27-23(24)31(28-20)13-15-7-3-2-4-8-15/h2-4,7-8,11-12,16H,5-6,9-10,13-14H2,1H3,(H,26,32)/t16-/m0/s1. The van der Waals surface area contributed by atoms with Gasteiger partial charge in [-0.3, -0.25) is 9.59 Å². The lowest BCUT2D eigenvalue weighted by Crippen LogP contribution is -2.48. The van der Waals surface area contributed by atoms with Crippen LogP contribution in [0.2, 0.25) is 5.28 Å². The van der Waals surface area contributed by atoms with E-state index in [1.807, 2.05) is 36.4 Å². The minimum Gasteiger partial charge on any atom is -0.357 e. The Balaban J connectivity index is 1.29. The van der Waals surface area contributed by atoms with Gasteiger partial charge in [0.25, 0.3) is 5.91 Å². The Morgan fingerprint density at radius 2 is 2.00 bits per heavy atom. The van der Waals surface area contributed by atoms with Crippen molar-refractivity contribution in [3.63, 3.8) is 0 Å². The largest absolute Gasteiger partial charge is 0.357 e. The molecule has 0 spiro atoms. The Morgan fingerprint density at radius 1 is 1.24 bits per heavy atom. The molecule has 2 aromatic heterocycles. The first-order valence-corrected chi connectivity index (χ1v) is 12.5. The van der Waals surface area contributed by atoms with Crippen molar-refractivity contribution in [2.24, 2.45) is 0 Å². The summed E-state index contributed by atoms with van der Waals surface area (Å²) in [6, 6.07) is 10.9. The van der Waals surface area contributed by atoms with E-state index in [9.17, 15) is 9.59 Å². The van der Waals surface area contributed by atoms with Crippen LogP contribution >= 0.6 is 23.4 Å². The minimum absolute atomic E-state index is 0.0684.